The van der Waals surface area contributed by atoms with Gasteiger partial charge >= 0.3 is 0 Å². The molecule has 0 spiro atoms. The highest BCUT2D eigenvalue weighted by Gasteiger charge is 2.25. The molecule has 1 fully saturated rings. The van der Waals surface area contributed by atoms with E-state index < -0.39 is 5.82 Å². The molecule has 0 atom stereocenters. The minimum absolute atomic E-state index is 0.139. The molecule has 1 aliphatic carbocycles. The molecule has 0 amide bonds. The summed E-state index contributed by atoms with van der Waals surface area (Å²) in [5.41, 5.74) is 1.53. The topological polar surface area (TPSA) is 104 Å². The molecule has 0 aliphatic heterocycles. The Kier molecular flexibility index (Phi) is 5.85. The van der Waals surface area contributed by atoms with Gasteiger partial charge in [-0.05, 0) is 57.1 Å². The van der Waals surface area contributed by atoms with E-state index in [1.807, 2.05) is 0 Å². The molecule has 1 aromatic carbocycles. The molecule has 0 bridgehead atoms. The summed E-state index contributed by atoms with van der Waals surface area (Å²) in [4.78, 5) is 14.2. The lowest BCUT2D eigenvalue weighted by atomic mass is 10.2. The molecule has 2 heterocycles. The second-order valence-corrected chi connectivity index (χ2v) is 7.80. The van der Waals surface area contributed by atoms with Crippen molar-refractivity contribution in [2.45, 2.75) is 25.3 Å². The van der Waals surface area contributed by atoms with Crippen LogP contribution in [0.3, 0.4) is 0 Å². The molecule has 8 nitrogen and oxygen atoms in total. The van der Waals surface area contributed by atoms with Crippen molar-refractivity contribution >= 4 is 40.2 Å². The molecule has 0 radical (unpaired) electrons. The first-order valence-electron chi connectivity index (χ1n) is 9.76. The third-order valence-electron chi connectivity index (χ3n) is 5.16. The van der Waals surface area contributed by atoms with Gasteiger partial charge in [-0.1, -0.05) is 11.6 Å². The van der Waals surface area contributed by atoms with E-state index in [-0.39, 0.29) is 16.5 Å². The monoisotopic (exact) mass is 431 g/mol. The van der Waals surface area contributed by atoms with Gasteiger partial charge in [-0.3, -0.25) is 10.6 Å². The minimum atomic E-state index is -0.598. The molecule has 2 aromatic heterocycles. The van der Waals surface area contributed by atoms with Gasteiger partial charge in [0.15, 0.2) is 11.5 Å². The maximum absolute atomic E-state index is 13.4. The summed E-state index contributed by atoms with van der Waals surface area (Å²) >= 11 is 5.79. The summed E-state index contributed by atoms with van der Waals surface area (Å²) in [6.45, 7) is 1.77. The highest BCUT2D eigenvalue weighted by Crippen LogP contribution is 2.26. The molecule has 158 valence electrons. The number of aromatic amines is 1. The van der Waals surface area contributed by atoms with E-state index in [0.29, 0.717) is 27.7 Å². The largest absolute Gasteiger partial charge is 0.356 e. The number of hydroxylamine groups is 1. The number of aromatic nitrogens is 3. The van der Waals surface area contributed by atoms with Gasteiger partial charge in [0.25, 0.3) is 0 Å². The number of hydrogen-bond acceptors (Lipinski definition) is 6. The molecule has 0 unspecified atom stereocenters. The standard InChI is InChI=1S/C20H23ClFN7O/c1-28(12-3-4-12)10-2-8-25-20-26-17-14(7-9-24-19(17)27-20)18(23)29(30)13-5-6-16(22)15(21)11-13/h5-7,9,11-12,23,30H,2-4,8,10H2,1H3,(H2,24,25,26,27). The number of nitrogens with zero attached hydrogens (tertiary/aromatic N) is 4. The summed E-state index contributed by atoms with van der Waals surface area (Å²) in [5.74, 6) is -0.258. The molecule has 3 aromatic rings. The van der Waals surface area contributed by atoms with Gasteiger partial charge < -0.3 is 15.2 Å². The van der Waals surface area contributed by atoms with Crippen LogP contribution in [0.4, 0.5) is 16.0 Å². The Balaban J connectivity index is 1.47. The van der Waals surface area contributed by atoms with Crippen molar-refractivity contribution in [1.29, 1.82) is 5.41 Å². The van der Waals surface area contributed by atoms with E-state index in [2.05, 4.69) is 32.2 Å². The van der Waals surface area contributed by atoms with E-state index >= 15 is 0 Å². The fourth-order valence-corrected chi connectivity index (χ4v) is 3.46. The van der Waals surface area contributed by atoms with E-state index in [9.17, 15) is 9.60 Å². The van der Waals surface area contributed by atoms with Crippen molar-refractivity contribution in [2.24, 2.45) is 0 Å². The number of imidazole rings is 1. The van der Waals surface area contributed by atoms with Crippen LogP contribution in [0.25, 0.3) is 11.2 Å². The van der Waals surface area contributed by atoms with Crippen LogP contribution in [0.2, 0.25) is 5.02 Å². The number of benzene rings is 1. The van der Waals surface area contributed by atoms with Gasteiger partial charge in [-0.2, -0.15) is 4.98 Å². The molecule has 4 N–H and O–H groups in total. The maximum Gasteiger partial charge on any atom is 0.202 e. The smallest absolute Gasteiger partial charge is 0.202 e. The van der Waals surface area contributed by atoms with Crippen LogP contribution in [0.5, 0.6) is 0 Å². The summed E-state index contributed by atoms with van der Waals surface area (Å²) in [6, 6.07) is 6.07. The number of fused-ring (bicyclic) bond motifs is 1. The van der Waals surface area contributed by atoms with Crippen LogP contribution in [0.15, 0.2) is 30.5 Å². The van der Waals surface area contributed by atoms with Crippen molar-refractivity contribution < 1.29 is 9.60 Å². The lowest BCUT2D eigenvalue weighted by molar-refractivity contribution is 0.312. The maximum atomic E-state index is 13.4. The van der Waals surface area contributed by atoms with Crippen molar-refractivity contribution in [3.63, 3.8) is 0 Å². The van der Waals surface area contributed by atoms with Gasteiger partial charge in [0, 0.05) is 24.3 Å². The zero-order valence-electron chi connectivity index (χ0n) is 16.5. The van der Waals surface area contributed by atoms with E-state index in [4.69, 9.17) is 17.0 Å². The van der Waals surface area contributed by atoms with Gasteiger partial charge in [0.05, 0.1) is 16.2 Å². The predicted octanol–water partition coefficient (Wildman–Crippen LogP) is 3.87. The first-order chi connectivity index (χ1) is 14.4. The number of halogens is 2. The van der Waals surface area contributed by atoms with Gasteiger partial charge in [-0.25, -0.2) is 14.4 Å². The SMILES string of the molecule is CN(CCCNc1nc2nccc(C(=N)N(O)c3ccc(F)c(Cl)c3)c2[nH]1)C1CC1. The van der Waals surface area contributed by atoms with E-state index in [1.54, 1.807) is 6.07 Å². The zero-order chi connectivity index (χ0) is 21.3. The Morgan fingerprint density at radius 3 is 2.93 bits per heavy atom. The molecule has 0 saturated heterocycles. The number of nitrogens with one attached hydrogen (secondary N) is 3. The fraction of sp³-hybridized carbons (Fsp3) is 0.350. The first-order valence-corrected chi connectivity index (χ1v) is 10.1. The zero-order valence-corrected chi connectivity index (χ0v) is 17.2. The molecule has 30 heavy (non-hydrogen) atoms. The molecular formula is C20H23ClFN7O. The first kappa shape index (κ1) is 20.5. The second-order valence-electron chi connectivity index (χ2n) is 7.39. The molecule has 1 saturated carbocycles. The van der Waals surface area contributed by atoms with Crippen molar-refractivity contribution in [3.05, 3.63) is 46.9 Å². The number of amidine groups is 1. The van der Waals surface area contributed by atoms with Crippen LogP contribution < -0.4 is 10.4 Å². The van der Waals surface area contributed by atoms with Crippen LogP contribution in [-0.4, -0.2) is 57.1 Å². The lowest BCUT2D eigenvalue weighted by Gasteiger charge is -2.18. The Morgan fingerprint density at radius 1 is 1.40 bits per heavy atom. The Hall–Kier alpha value is -2.75. The quantitative estimate of drug-likeness (QED) is 0.187. The number of pyridine rings is 1. The highest BCUT2D eigenvalue weighted by atomic mass is 35.5. The number of anilines is 2. The average Bonchev–Trinajstić information content (AvgIpc) is 3.51. The second kappa shape index (κ2) is 8.55. The van der Waals surface area contributed by atoms with Gasteiger partial charge in [0.1, 0.15) is 5.82 Å². The summed E-state index contributed by atoms with van der Waals surface area (Å²) in [6.07, 6.45) is 5.09. The van der Waals surface area contributed by atoms with Crippen molar-refractivity contribution in [3.8, 4) is 0 Å². The lowest BCUT2D eigenvalue weighted by Crippen LogP contribution is -2.27. The summed E-state index contributed by atoms with van der Waals surface area (Å²) in [7, 11) is 2.15. The third kappa shape index (κ3) is 4.38. The summed E-state index contributed by atoms with van der Waals surface area (Å²) < 4.78 is 13.4. The van der Waals surface area contributed by atoms with E-state index in [0.717, 1.165) is 31.6 Å². The molecule has 4 rings (SSSR count). The number of rotatable bonds is 8. The summed E-state index contributed by atoms with van der Waals surface area (Å²) in [5, 5.41) is 22.6. The Bertz CT molecular complexity index is 1070. The number of hydrogen-bond donors (Lipinski definition) is 4. The average molecular weight is 432 g/mol. The normalized spacial score (nSPS) is 13.8. The van der Waals surface area contributed by atoms with Crippen LogP contribution >= 0.6 is 11.6 Å². The van der Waals surface area contributed by atoms with Crippen molar-refractivity contribution in [2.75, 3.05) is 30.5 Å². The van der Waals surface area contributed by atoms with E-state index in [1.165, 1.54) is 31.2 Å². The Labute approximate surface area is 178 Å². The van der Waals surface area contributed by atoms with Crippen LogP contribution in [-0.2, 0) is 0 Å². The highest BCUT2D eigenvalue weighted by molar-refractivity contribution is 6.31. The molecule has 10 heteroatoms. The Morgan fingerprint density at radius 2 is 2.20 bits per heavy atom. The van der Waals surface area contributed by atoms with Crippen LogP contribution in [0, 0.1) is 11.2 Å². The minimum Gasteiger partial charge on any atom is -0.356 e. The molecular weight excluding hydrogens is 409 g/mol. The predicted molar refractivity (Wildman–Crippen MR) is 115 cm³/mol. The fourth-order valence-electron chi connectivity index (χ4n) is 3.29. The van der Waals surface area contributed by atoms with Crippen LogP contribution in [0.1, 0.15) is 24.8 Å². The van der Waals surface area contributed by atoms with Gasteiger partial charge in [0.2, 0.25) is 5.95 Å². The molecule has 1 aliphatic rings. The van der Waals surface area contributed by atoms with Gasteiger partial charge in [-0.15, -0.1) is 0 Å². The third-order valence-corrected chi connectivity index (χ3v) is 5.45. The number of H-pyrrole nitrogens is 1. The van der Waals surface area contributed by atoms with Crippen molar-refractivity contribution in [1.82, 2.24) is 19.9 Å².